The fourth-order valence-corrected chi connectivity index (χ4v) is 1.16. The van der Waals surface area contributed by atoms with E-state index < -0.39 is 0 Å². The summed E-state index contributed by atoms with van der Waals surface area (Å²) in [6.07, 6.45) is 0.444. The predicted molar refractivity (Wildman–Crippen MR) is 57.7 cm³/mol. The van der Waals surface area contributed by atoms with Crippen LogP contribution in [0.15, 0.2) is 24.3 Å². The van der Waals surface area contributed by atoms with E-state index in [-0.39, 0.29) is 0 Å². The summed E-state index contributed by atoms with van der Waals surface area (Å²) in [7, 11) is 0. The van der Waals surface area contributed by atoms with E-state index >= 15 is 0 Å². The standard InChI is InChI=1S/C12H15NO2/c1-2-14-9-10-15-12-5-3-11(4-6-12)7-8-13/h3-6H,2,7,9-10H2,1H3. The maximum atomic E-state index is 8.49. The van der Waals surface area contributed by atoms with E-state index in [1.54, 1.807) is 0 Å². The van der Waals surface area contributed by atoms with Crippen LogP contribution in [0.3, 0.4) is 0 Å². The minimum Gasteiger partial charge on any atom is -0.491 e. The molecule has 0 radical (unpaired) electrons. The van der Waals surface area contributed by atoms with Gasteiger partial charge in [-0.25, -0.2) is 0 Å². The topological polar surface area (TPSA) is 42.2 Å². The smallest absolute Gasteiger partial charge is 0.119 e. The fourth-order valence-electron chi connectivity index (χ4n) is 1.16. The van der Waals surface area contributed by atoms with Crippen LogP contribution in [-0.2, 0) is 11.2 Å². The van der Waals surface area contributed by atoms with Crippen LogP contribution in [-0.4, -0.2) is 19.8 Å². The van der Waals surface area contributed by atoms with Gasteiger partial charge in [0.2, 0.25) is 0 Å². The van der Waals surface area contributed by atoms with Crippen molar-refractivity contribution in [1.29, 1.82) is 5.26 Å². The maximum absolute atomic E-state index is 8.49. The van der Waals surface area contributed by atoms with Crippen molar-refractivity contribution in [2.75, 3.05) is 19.8 Å². The van der Waals surface area contributed by atoms with Crippen LogP contribution in [0.2, 0.25) is 0 Å². The van der Waals surface area contributed by atoms with Crippen LogP contribution in [0.1, 0.15) is 12.5 Å². The third-order valence-corrected chi connectivity index (χ3v) is 1.91. The molecule has 0 saturated heterocycles. The highest BCUT2D eigenvalue weighted by molar-refractivity contribution is 5.28. The van der Waals surface area contributed by atoms with E-state index in [1.165, 1.54) is 0 Å². The quantitative estimate of drug-likeness (QED) is 0.668. The zero-order chi connectivity index (χ0) is 10.9. The van der Waals surface area contributed by atoms with Gasteiger partial charge in [0.25, 0.3) is 0 Å². The first-order chi connectivity index (χ1) is 7.36. The van der Waals surface area contributed by atoms with Crippen molar-refractivity contribution >= 4 is 0 Å². The van der Waals surface area contributed by atoms with Gasteiger partial charge in [-0.3, -0.25) is 0 Å². The molecule has 0 unspecified atom stereocenters. The minimum atomic E-state index is 0.444. The summed E-state index contributed by atoms with van der Waals surface area (Å²) in [5, 5.41) is 8.49. The van der Waals surface area contributed by atoms with Crippen LogP contribution in [0.25, 0.3) is 0 Å². The third-order valence-electron chi connectivity index (χ3n) is 1.91. The van der Waals surface area contributed by atoms with Crippen molar-refractivity contribution in [1.82, 2.24) is 0 Å². The Labute approximate surface area is 90.2 Å². The van der Waals surface area contributed by atoms with Crippen LogP contribution < -0.4 is 4.74 Å². The maximum Gasteiger partial charge on any atom is 0.119 e. The molecule has 1 aromatic rings. The van der Waals surface area contributed by atoms with Gasteiger partial charge < -0.3 is 9.47 Å². The monoisotopic (exact) mass is 205 g/mol. The summed E-state index contributed by atoms with van der Waals surface area (Å²) in [6, 6.07) is 9.65. The molecule has 0 amide bonds. The second kappa shape index (κ2) is 6.86. The largest absolute Gasteiger partial charge is 0.491 e. The van der Waals surface area contributed by atoms with Gasteiger partial charge in [0.05, 0.1) is 19.1 Å². The molecule has 0 aliphatic rings. The highest BCUT2D eigenvalue weighted by Gasteiger charge is 1.94. The van der Waals surface area contributed by atoms with Gasteiger partial charge in [-0.2, -0.15) is 5.26 Å². The first kappa shape index (κ1) is 11.5. The van der Waals surface area contributed by atoms with Crippen LogP contribution in [0, 0.1) is 11.3 Å². The molecule has 3 heteroatoms. The molecule has 1 aromatic carbocycles. The molecule has 0 N–H and O–H groups in total. The molecule has 0 heterocycles. The van der Waals surface area contributed by atoms with Crippen LogP contribution in [0.5, 0.6) is 5.75 Å². The summed E-state index contributed by atoms with van der Waals surface area (Å²) in [5.74, 6) is 0.816. The van der Waals surface area contributed by atoms with Gasteiger partial charge in [0.15, 0.2) is 0 Å². The number of nitrogens with zero attached hydrogens (tertiary/aromatic N) is 1. The van der Waals surface area contributed by atoms with Crippen molar-refractivity contribution in [3.05, 3.63) is 29.8 Å². The zero-order valence-electron chi connectivity index (χ0n) is 8.90. The number of ether oxygens (including phenoxy) is 2. The van der Waals surface area contributed by atoms with Gasteiger partial charge in [0, 0.05) is 6.61 Å². The second-order valence-corrected chi connectivity index (χ2v) is 3.02. The van der Waals surface area contributed by atoms with Crippen molar-refractivity contribution in [2.45, 2.75) is 13.3 Å². The molecule has 80 valence electrons. The average molecular weight is 205 g/mol. The Kier molecular flexibility index (Phi) is 5.28. The normalized spacial score (nSPS) is 9.60. The fraction of sp³-hybridized carbons (Fsp3) is 0.417. The Hall–Kier alpha value is -1.53. The number of nitriles is 1. The SMILES string of the molecule is CCOCCOc1ccc(CC#N)cc1. The van der Waals surface area contributed by atoms with E-state index in [0.717, 1.165) is 11.3 Å². The van der Waals surface area contributed by atoms with Crippen LogP contribution >= 0.6 is 0 Å². The van der Waals surface area contributed by atoms with Crippen molar-refractivity contribution in [2.24, 2.45) is 0 Å². The molecule has 0 saturated carbocycles. The average Bonchev–Trinajstić information content (AvgIpc) is 2.27. The molecule has 0 fully saturated rings. The van der Waals surface area contributed by atoms with E-state index in [2.05, 4.69) is 6.07 Å². The number of benzene rings is 1. The molecular weight excluding hydrogens is 190 g/mol. The first-order valence-electron chi connectivity index (χ1n) is 5.03. The molecule has 0 aliphatic heterocycles. The summed E-state index contributed by atoms with van der Waals surface area (Å²) in [6.45, 7) is 3.84. The van der Waals surface area contributed by atoms with E-state index in [1.807, 2.05) is 31.2 Å². The highest BCUT2D eigenvalue weighted by atomic mass is 16.5. The van der Waals surface area contributed by atoms with Crippen molar-refractivity contribution in [3.8, 4) is 11.8 Å². The minimum absolute atomic E-state index is 0.444. The Morgan fingerprint density at radius 3 is 2.53 bits per heavy atom. The summed E-state index contributed by atoms with van der Waals surface area (Å²) < 4.78 is 10.6. The lowest BCUT2D eigenvalue weighted by Gasteiger charge is -2.06. The Morgan fingerprint density at radius 1 is 1.20 bits per heavy atom. The lowest BCUT2D eigenvalue weighted by molar-refractivity contribution is 0.110. The summed E-state index contributed by atoms with van der Waals surface area (Å²) in [5.41, 5.74) is 1.01. The van der Waals surface area contributed by atoms with Crippen molar-refractivity contribution in [3.63, 3.8) is 0 Å². The third kappa shape index (κ3) is 4.48. The molecule has 0 atom stereocenters. The molecule has 0 aromatic heterocycles. The molecule has 15 heavy (non-hydrogen) atoms. The predicted octanol–water partition coefficient (Wildman–Crippen LogP) is 2.17. The molecule has 0 bridgehead atoms. The molecule has 1 rings (SSSR count). The number of rotatable bonds is 6. The van der Waals surface area contributed by atoms with Gasteiger partial charge >= 0.3 is 0 Å². The first-order valence-corrected chi connectivity index (χ1v) is 5.03. The van der Waals surface area contributed by atoms with E-state index in [9.17, 15) is 0 Å². The van der Waals surface area contributed by atoms with Gasteiger partial charge in [-0.05, 0) is 24.6 Å². The van der Waals surface area contributed by atoms with E-state index in [0.29, 0.717) is 26.2 Å². The van der Waals surface area contributed by atoms with Crippen LogP contribution in [0.4, 0.5) is 0 Å². The van der Waals surface area contributed by atoms with Gasteiger partial charge in [0.1, 0.15) is 12.4 Å². The molecule has 0 aliphatic carbocycles. The van der Waals surface area contributed by atoms with Gasteiger partial charge in [-0.15, -0.1) is 0 Å². The number of hydrogen-bond donors (Lipinski definition) is 0. The number of hydrogen-bond acceptors (Lipinski definition) is 3. The molecule has 0 spiro atoms. The van der Waals surface area contributed by atoms with Gasteiger partial charge in [-0.1, -0.05) is 12.1 Å². The molecular formula is C12H15NO2. The summed E-state index contributed by atoms with van der Waals surface area (Å²) in [4.78, 5) is 0. The second-order valence-electron chi connectivity index (χ2n) is 3.02. The zero-order valence-corrected chi connectivity index (χ0v) is 8.90. The Balaban J connectivity index is 2.33. The highest BCUT2D eigenvalue weighted by Crippen LogP contribution is 2.12. The lowest BCUT2D eigenvalue weighted by atomic mass is 10.2. The lowest BCUT2D eigenvalue weighted by Crippen LogP contribution is -2.06. The summed E-state index contributed by atoms with van der Waals surface area (Å²) >= 11 is 0. The Morgan fingerprint density at radius 2 is 1.93 bits per heavy atom. The van der Waals surface area contributed by atoms with Crippen molar-refractivity contribution < 1.29 is 9.47 Å². The van der Waals surface area contributed by atoms with E-state index in [4.69, 9.17) is 14.7 Å². The Bertz CT molecular complexity index is 313. The molecule has 3 nitrogen and oxygen atoms in total.